The number of hydrogen-bond donors (Lipinski definition) is 1. The summed E-state index contributed by atoms with van der Waals surface area (Å²) in [6, 6.07) is 16.9. The van der Waals surface area contributed by atoms with Crippen LogP contribution >= 0.6 is 0 Å². The van der Waals surface area contributed by atoms with Crippen LogP contribution in [0.4, 0.5) is 8.78 Å². The van der Waals surface area contributed by atoms with Gasteiger partial charge in [-0.05, 0) is 24.3 Å². The number of hydrogen-bond acceptors (Lipinski definition) is 5. The summed E-state index contributed by atoms with van der Waals surface area (Å²) in [5.74, 6) is -3.42. The molecule has 4 aromatic rings. The zero-order valence-electron chi connectivity index (χ0n) is 15.5. The number of nitrogens with two attached hydrogens (primary N) is 1. The SMILES string of the molecule is NC(=O)c1c(F)ccc(OCc2cc(-c3ccc(-c4ccccn4)cc3)no2)c1F. The molecule has 4 rings (SSSR count). The minimum atomic E-state index is -1.22. The first-order chi connectivity index (χ1) is 14.5. The van der Waals surface area contributed by atoms with Crippen molar-refractivity contribution in [3.63, 3.8) is 0 Å². The number of carbonyl (C=O) groups is 1. The van der Waals surface area contributed by atoms with E-state index in [1.165, 1.54) is 0 Å². The summed E-state index contributed by atoms with van der Waals surface area (Å²) in [5, 5.41) is 3.98. The van der Waals surface area contributed by atoms with E-state index < -0.39 is 23.1 Å². The number of primary amides is 1. The number of amides is 1. The zero-order valence-corrected chi connectivity index (χ0v) is 15.5. The molecule has 30 heavy (non-hydrogen) atoms. The molecule has 0 bridgehead atoms. The summed E-state index contributed by atoms with van der Waals surface area (Å²) < 4.78 is 38.3. The van der Waals surface area contributed by atoms with Gasteiger partial charge >= 0.3 is 0 Å². The number of benzene rings is 2. The topological polar surface area (TPSA) is 91.2 Å². The number of ether oxygens (including phenoxy) is 1. The summed E-state index contributed by atoms with van der Waals surface area (Å²) in [4.78, 5) is 15.5. The lowest BCUT2D eigenvalue weighted by Gasteiger charge is -2.08. The number of halogens is 2. The zero-order chi connectivity index (χ0) is 21.1. The van der Waals surface area contributed by atoms with Gasteiger partial charge in [0.1, 0.15) is 23.7 Å². The van der Waals surface area contributed by atoms with E-state index in [4.69, 9.17) is 15.0 Å². The van der Waals surface area contributed by atoms with Crippen LogP contribution < -0.4 is 10.5 Å². The lowest BCUT2D eigenvalue weighted by atomic mass is 10.1. The van der Waals surface area contributed by atoms with E-state index in [0.717, 1.165) is 29.0 Å². The normalized spacial score (nSPS) is 10.7. The van der Waals surface area contributed by atoms with Gasteiger partial charge in [0.25, 0.3) is 5.91 Å². The molecule has 0 saturated carbocycles. The molecule has 1 amide bonds. The number of carbonyl (C=O) groups excluding carboxylic acids is 1. The third-order valence-corrected chi connectivity index (χ3v) is 4.37. The first kappa shape index (κ1) is 19.3. The highest BCUT2D eigenvalue weighted by molar-refractivity contribution is 5.93. The van der Waals surface area contributed by atoms with Crippen molar-refractivity contribution in [2.45, 2.75) is 6.61 Å². The quantitative estimate of drug-likeness (QED) is 0.513. The van der Waals surface area contributed by atoms with Gasteiger partial charge in [0.15, 0.2) is 17.3 Å². The lowest BCUT2D eigenvalue weighted by Crippen LogP contribution is -2.16. The van der Waals surface area contributed by atoms with Gasteiger partial charge < -0.3 is 15.0 Å². The van der Waals surface area contributed by atoms with Crippen molar-refractivity contribution in [3.8, 4) is 28.3 Å². The number of aromatic nitrogens is 2. The van der Waals surface area contributed by atoms with Crippen LogP contribution in [0.15, 0.2) is 71.4 Å². The predicted octanol–water partition coefficient (Wildman–Crippen LogP) is 4.36. The molecule has 2 aromatic carbocycles. The Balaban J connectivity index is 1.48. The second kappa shape index (κ2) is 8.12. The van der Waals surface area contributed by atoms with Crippen molar-refractivity contribution >= 4 is 5.91 Å². The maximum Gasteiger partial charge on any atom is 0.254 e. The van der Waals surface area contributed by atoms with Gasteiger partial charge in [-0.3, -0.25) is 9.78 Å². The van der Waals surface area contributed by atoms with Gasteiger partial charge in [-0.1, -0.05) is 35.5 Å². The Morgan fingerprint density at radius 1 is 1.00 bits per heavy atom. The molecule has 0 aliphatic heterocycles. The van der Waals surface area contributed by atoms with Gasteiger partial charge in [-0.2, -0.15) is 0 Å². The smallest absolute Gasteiger partial charge is 0.254 e. The number of pyridine rings is 1. The average Bonchev–Trinajstić information content (AvgIpc) is 3.23. The summed E-state index contributed by atoms with van der Waals surface area (Å²) >= 11 is 0. The van der Waals surface area contributed by atoms with E-state index in [0.29, 0.717) is 11.5 Å². The first-order valence-electron chi connectivity index (χ1n) is 8.91. The van der Waals surface area contributed by atoms with Gasteiger partial charge in [0.05, 0.1) is 5.69 Å². The highest BCUT2D eigenvalue weighted by Crippen LogP contribution is 2.26. The Labute approximate surface area is 169 Å². The maximum atomic E-state index is 14.2. The van der Waals surface area contributed by atoms with Crippen molar-refractivity contribution in [1.29, 1.82) is 0 Å². The van der Waals surface area contributed by atoms with E-state index >= 15 is 0 Å². The third-order valence-electron chi connectivity index (χ3n) is 4.37. The van der Waals surface area contributed by atoms with Crippen molar-refractivity contribution in [3.05, 3.63) is 89.8 Å². The molecule has 2 N–H and O–H groups in total. The van der Waals surface area contributed by atoms with E-state index in [-0.39, 0.29) is 12.4 Å². The first-order valence-corrected chi connectivity index (χ1v) is 8.91. The molecule has 8 heteroatoms. The number of nitrogens with zero attached hydrogens (tertiary/aromatic N) is 2. The molecule has 0 aliphatic carbocycles. The summed E-state index contributed by atoms with van der Waals surface area (Å²) in [7, 11) is 0. The summed E-state index contributed by atoms with van der Waals surface area (Å²) in [6.07, 6.45) is 1.73. The van der Waals surface area contributed by atoms with Gasteiger partial charge in [-0.25, -0.2) is 8.78 Å². The average molecular weight is 407 g/mol. The molecule has 2 heterocycles. The molecule has 0 spiro atoms. The minimum Gasteiger partial charge on any atom is -0.482 e. The Bertz CT molecular complexity index is 1190. The van der Waals surface area contributed by atoms with Crippen LogP contribution in [-0.4, -0.2) is 16.0 Å². The molecule has 6 nitrogen and oxygen atoms in total. The highest BCUT2D eigenvalue weighted by atomic mass is 19.1. The fourth-order valence-electron chi connectivity index (χ4n) is 2.88. The molecule has 0 aliphatic rings. The standard InChI is InChI=1S/C22H15F2N3O3/c23-16-8-9-19(21(24)20(16)22(25)28)29-12-15-11-18(27-30-15)14-6-4-13(5-7-14)17-3-1-2-10-26-17/h1-11H,12H2,(H2,25,28). The second-order valence-corrected chi connectivity index (χ2v) is 6.36. The predicted molar refractivity (Wildman–Crippen MR) is 104 cm³/mol. The van der Waals surface area contributed by atoms with Crippen LogP contribution in [0.25, 0.3) is 22.5 Å². The molecule has 0 atom stereocenters. The van der Waals surface area contributed by atoms with Crippen molar-refractivity contribution < 1.29 is 22.8 Å². The fourth-order valence-corrected chi connectivity index (χ4v) is 2.88. The highest BCUT2D eigenvalue weighted by Gasteiger charge is 2.19. The summed E-state index contributed by atoms with van der Waals surface area (Å²) in [6.45, 7) is -0.167. The van der Waals surface area contributed by atoms with Crippen molar-refractivity contribution in [2.75, 3.05) is 0 Å². The van der Waals surface area contributed by atoms with Gasteiger partial charge in [0, 0.05) is 23.4 Å². The minimum absolute atomic E-state index is 0.167. The van der Waals surface area contributed by atoms with E-state index in [9.17, 15) is 13.6 Å². The van der Waals surface area contributed by atoms with Crippen LogP contribution in [-0.2, 0) is 6.61 Å². The lowest BCUT2D eigenvalue weighted by molar-refractivity contribution is 0.0991. The van der Waals surface area contributed by atoms with Crippen molar-refractivity contribution in [2.24, 2.45) is 5.73 Å². The van der Waals surface area contributed by atoms with Crippen LogP contribution in [0.2, 0.25) is 0 Å². The molecule has 2 aromatic heterocycles. The molecule has 0 fully saturated rings. The Morgan fingerprint density at radius 3 is 2.40 bits per heavy atom. The van der Waals surface area contributed by atoms with Crippen molar-refractivity contribution in [1.82, 2.24) is 10.1 Å². The molecule has 150 valence electrons. The largest absolute Gasteiger partial charge is 0.482 e. The molecule has 0 radical (unpaired) electrons. The van der Waals surface area contributed by atoms with E-state index in [1.54, 1.807) is 12.3 Å². The molecule has 0 unspecified atom stereocenters. The van der Waals surface area contributed by atoms with Crippen LogP contribution in [0.1, 0.15) is 16.1 Å². The van der Waals surface area contributed by atoms with Crippen LogP contribution in [0, 0.1) is 11.6 Å². The Morgan fingerprint density at radius 2 is 1.73 bits per heavy atom. The molecular formula is C22H15F2N3O3. The summed E-state index contributed by atoms with van der Waals surface area (Å²) in [5.41, 5.74) is 7.35. The van der Waals surface area contributed by atoms with Gasteiger partial charge in [-0.15, -0.1) is 0 Å². The fraction of sp³-hybridized carbons (Fsp3) is 0.0455. The second-order valence-electron chi connectivity index (χ2n) is 6.36. The van der Waals surface area contributed by atoms with E-state index in [2.05, 4.69) is 10.1 Å². The molecular weight excluding hydrogens is 392 g/mol. The van der Waals surface area contributed by atoms with E-state index in [1.807, 2.05) is 42.5 Å². The number of rotatable bonds is 6. The van der Waals surface area contributed by atoms with Crippen LogP contribution in [0.3, 0.4) is 0 Å². The Hall–Kier alpha value is -4.07. The Kier molecular flexibility index (Phi) is 5.21. The monoisotopic (exact) mass is 407 g/mol. The van der Waals surface area contributed by atoms with Crippen LogP contribution in [0.5, 0.6) is 5.75 Å². The molecule has 0 saturated heterocycles. The van der Waals surface area contributed by atoms with Gasteiger partial charge in [0.2, 0.25) is 0 Å². The third kappa shape index (κ3) is 3.88. The maximum absolute atomic E-state index is 14.2.